The normalized spacial score (nSPS) is 16.9. The van der Waals surface area contributed by atoms with Crippen LogP contribution in [0.1, 0.15) is 17.5 Å². The molecule has 8 heteroatoms. The Bertz CT molecular complexity index is 892. The van der Waals surface area contributed by atoms with Crippen LogP contribution < -0.4 is 0 Å². The lowest BCUT2D eigenvalue weighted by atomic mass is 10.0. The first-order valence-corrected chi connectivity index (χ1v) is 11.2. The van der Waals surface area contributed by atoms with Gasteiger partial charge in [-0.3, -0.25) is 4.79 Å². The molecule has 1 heterocycles. The lowest BCUT2D eigenvalue weighted by Crippen LogP contribution is -2.52. The summed E-state index contributed by atoms with van der Waals surface area (Å²) in [4.78, 5) is 28.9. The minimum atomic E-state index is -0.863. The fourth-order valence-corrected chi connectivity index (χ4v) is 4.36. The van der Waals surface area contributed by atoms with E-state index in [-0.39, 0.29) is 18.4 Å². The van der Waals surface area contributed by atoms with Crippen LogP contribution in [0, 0.1) is 5.92 Å². The molecule has 154 valence electrons. The van der Waals surface area contributed by atoms with Gasteiger partial charge in [0.15, 0.2) is 0 Å². The number of amides is 2. The molecular formula is C21H22Cl2N2O3S. The Kier molecular flexibility index (Phi) is 7.33. The molecule has 0 radical (unpaired) electrons. The Balaban J connectivity index is 1.79. The second kappa shape index (κ2) is 9.74. The maximum Gasteiger partial charge on any atom is 0.320 e. The van der Waals surface area contributed by atoms with Crippen molar-refractivity contribution < 1.29 is 14.7 Å². The maximum absolute atomic E-state index is 13.1. The highest BCUT2D eigenvalue weighted by atomic mass is 35.5. The molecule has 0 aliphatic carbocycles. The predicted octanol–water partition coefficient (Wildman–Crippen LogP) is 5.24. The summed E-state index contributed by atoms with van der Waals surface area (Å²) >= 11 is 13.9. The van der Waals surface area contributed by atoms with Crippen LogP contribution in [0.2, 0.25) is 10.0 Å². The SMILES string of the molecule is CSc1ccc(CN2CC(CC(=O)O)CN(Cc3ccc(Cl)cc3Cl)C2=O)cc1. The third-order valence-corrected chi connectivity index (χ3v) is 6.20. The van der Waals surface area contributed by atoms with E-state index in [0.29, 0.717) is 36.2 Å². The molecule has 1 saturated heterocycles. The van der Waals surface area contributed by atoms with Crippen molar-refractivity contribution in [3.8, 4) is 0 Å². The van der Waals surface area contributed by atoms with Gasteiger partial charge in [-0.25, -0.2) is 4.79 Å². The topological polar surface area (TPSA) is 60.9 Å². The van der Waals surface area contributed by atoms with Gasteiger partial charge in [0.05, 0.1) is 6.42 Å². The van der Waals surface area contributed by atoms with Crippen molar-refractivity contribution in [2.24, 2.45) is 5.92 Å². The van der Waals surface area contributed by atoms with Crippen LogP contribution in [0.3, 0.4) is 0 Å². The second-order valence-electron chi connectivity index (χ2n) is 7.09. The highest BCUT2D eigenvalue weighted by molar-refractivity contribution is 7.98. The number of thioether (sulfide) groups is 1. The molecule has 1 N–H and O–H groups in total. The summed E-state index contributed by atoms with van der Waals surface area (Å²) < 4.78 is 0. The van der Waals surface area contributed by atoms with Crippen molar-refractivity contribution in [2.45, 2.75) is 24.4 Å². The maximum atomic E-state index is 13.1. The van der Waals surface area contributed by atoms with Crippen LogP contribution in [-0.2, 0) is 17.9 Å². The summed E-state index contributed by atoms with van der Waals surface area (Å²) in [7, 11) is 0. The van der Waals surface area contributed by atoms with E-state index in [1.54, 1.807) is 39.8 Å². The van der Waals surface area contributed by atoms with Crippen molar-refractivity contribution in [2.75, 3.05) is 19.3 Å². The fourth-order valence-electron chi connectivity index (χ4n) is 3.48. The number of hydrogen-bond donors (Lipinski definition) is 1. The third-order valence-electron chi connectivity index (χ3n) is 4.87. The first kappa shape index (κ1) is 21.8. The van der Waals surface area contributed by atoms with Crippen LogP contribution in [-0.4, -0.2) is 46.3 Å². The zero-order valence-corrected chi connectivity index (χ0v) is 18.3. The fraction of sp³-hybridized carbons (Fsp3) is 0.333. The number of carbonyl (C=O) groups excluding carboxylic acids is 1. The quantitative estimate of drug-likeness (QED) is 0.583. The smallest absolute Gasteiger partial charge is 0.320 e. The van der Waals surface area contributed by atoms with Crippen molar-refractivity contribution >= 4 is 47.0 Å². The minimum Gasteiger partial charge on any atom is -0.481 e. The van der Waals surface area contributed by atoms with Gasteiger partial charge < -0.3 is 14.9 Å². The number of carboxylic acids is 1. The summed E-state index contributed by atoms with van der Waals surface area (Å²) in [6.45, 7) is 1.55. The molecule has 1 aliphatic heterocycles. The van der Waals surface area contributed by atoms with E-state index in [4.69, 9.17) is 23.2 Å². The third kappa shape index (κ3) is 5.81. The molecule has 2 amide bonds. The lowest BCUT2D eigenvalue weighted by molar-refractivity contribution is -0.138. The van der Waals surface area contributed by atoms with Gasteiger partial charge in [0.25, 0.3) is 0 Å². The van der Waals surface area contributed by atoms with Crippen molar-refractivity contribution in [1.82, 2.24) is 9.80 Å². The Hall–Kier alpha value is -1.89. The predicted molar refractivity (Wildman–Crippen MR) is 117 cm³/mol. The molecule has 5 nitrogen and oxygen atoms in total. The zero-order chi connectivity index (χ0) is 21.0. The summed E-state index contributed by atoms with van der Waals surface area (Å²) in [5, 5.41) is 10.3. The summed E-state index contributed by atoms with van der Waals surface area (Å²) in [6.07, 6.45) is 2.03. The van der Waals surface area contributed by atoms with E-state index >= 15 is 0 Å². The van der Waals surface area contributed by atoms with Crippen LogP contribution in [0.25, 0.3) is 0 Å². The van der Waals surface area contributed by atoms with Gasteiger partial charge in [0.2, 0.25) is 0 Å². The number of rotatable bonds is 7. The average molecular weight is 453 g/mol. The Morgan fingerprint density at radius 1 is 1.10 bits per heavy atom. The van der Waals surface area contributed by atoms with E-state index in [2.05, 4.69) is 0 Å². The molecule has 2 aromatic carbocycles. The zero-order valence-electron chi connectivity index (χ0n) is 16.0. The molecular weight excluding hydrogens is 431 g/mol. The molecule has 1 unspecified atom stereocenters. The molecule has 2 aromatic rings. The average Bonchev–Trinajstić information content (AvgIpc) is 2.67. The van der Waals surface area contributed by atoms with Crippen LogP contribution >= 0.6 is 35.0 Å². The van der Waals surface area contributed by atoms with Crippen LogP contribution in [0.5, 0.6) is 0 Å². The van der Waals surface area contributed by atoms with Crippen molar-refractivity contribution in [1.29, 1.82) is 0 Å². The Morgan fingerprint density at radius 3 is 2.34 bits per heavy atom. The molecule has 29 heavy (non-hydrogen) atoms. The largest absolute Gasteiger partial charge is 0.481 e. The van der Waals surface area contributed by atoms with Gasteiger partial charge in [0, 0.05) is 47.0 Å². The minimum absolute atomic E-state index is 0.0139. The van der Waals surface area contributed by atoms with Gasteiger partial charge in [-0.2, -0.15) is 0 Å². The molecule has 1 atom stereocenters. The number of carbonyl (C=O) groups is 2. The summed E-state index contributed by atoms with van der Waals surface area (Å²) in [6, 6.07) is 13.1. The number of hydrogen-bond acceptors (Lipinski definition) is 3. The Morgan fingerprint density at radius 2 is 1.76 bits per heavy atom. The second-order valence-corrected chi connectivity index (χ2v) is 8.81. The monoisotopic (exact) mass is 452 g/mol. The number of benzene rings is 2. The van der Waals surface area contributed by atoms with Gasteiger partial charge >= 0.3 is 12.0 Å². The number of aliphatic carboxylic acids is 1. The van der Waals surface area contributed by atoms with E-state index in [1.165, 1.54) is 0 Å². The lowest BCUT2D eigenvalue weighted by Gasteiger charge is -2.40. The summed E-state index contributed by atoms with van der Waals surface area (Å²) in [5.74, 6) is -1.01. The van der Waals surface area contributed by atoms with Crippen LogP contribution in [0.15, 0.2) is 47.4 Å². The van der Waals surface area contributed by atoms with Crippen molar-refractivity contribution in [3.63, 3.8) is 0 Å². The first-order valence-electron chi connectivity index (χ1n) is 9.18. The van der Waals surface area contributed by atoms with Gasteiger partial charge in [-0.05, 0) is 41.6 Å². The Labute approximate surface area is 184 Å². The van der Waals surface area contributed by atoms with Gasteiger partial charge in [-0.1, -0.05) is 41.4 Å². The first-order chi connectivity index (χ1) is 13.9. The van der Waals surface area contributed by atoms with E-state index in [9.17, 15) is 14.7 Å². The van der Waals surface area contributed by atoms with Crippen molar-refractivity contribution in [3.05, 3.63) is 63.6 Å². The van der Waals surface area contributed by atoms with Gasteiger partial charge in [-0.15, -0.1) is 11.8 Å². The number of halogens is 2. The highest BCUT2D eigenvalue weighted by Gasteiger charge is 2.33. The molecule has 1 fully saturated rings. The molecule has 3 rings (SSSR count). The molecule has 0 saturated carbocycles. The number of carboxylic acid groups (broad SMARTS) is 1. The highest BCUT2D eigenvalue weighted by Crippen LogP contribution is 2.26. The molecule has 0 spiro atoms. The summed E-state index contributed by atoms with van der Waals surface area (Å²) in [5.41, 5.74) is 1.79. The molecule has 1 aliphatic rings. The standard InChI is InChI=1S/C21H22Cl2N2O3S/c1-29-18-6-2-14(3-7-18)10-24-11-15(8-20(26)27)12-25(21(24)28)13-16-4-5-17(22)9-19(16)23/h2-7,9,15H,8,10-13H2,1H3,(H,26,27). The van der Waals surface area contributed by atoms with Gasteiger partial charge in [0.1, 0.15) is 0 Å². The molecule has 0 bridgehead atoms. The van der Waals surface area contributed by atoms with E-state index in [0.717, 1.165) is 16.0 Å². The number of urea groups is 1. The molecule has 0 aromatic heterocycles. The van der Waals surface area contributed by atoms with E-state index in [1.807, 2.05) is 30.5 Å². The van der Waals surface area contributed by atoms with E-state index < -0.39 is 5.97 Å². The van der Waals surface area contributed by atoms with Crippen LogP contribution in [0.4, 0.5) is 4.79 Å². The number of nitrogens with zero attached hydrogens (tertiary/aromatic N) is 2.